The van der Waals surface area contributed by atoms with E-state index in [2.05, 4.69) is 5.32 Å². The minimum Gasteiger partial charge on any atom is -0.460 e. The molecule has 0 spiro atoms. The molecule has 0 saturated heterocycles. The van der Waals surface area contributed by atoms with Crippen molar-refractivity contribution in [2.75, 3.05) is 19.8 Å². The van der Waals surface area contributed by atoms with E-state index in [0.29, 0.717) is 42.0 Å². The molecule has 0 saturated carbocycles. The molecule has 0 fully saturated rings. The van der Waals surface area contributed by atoms with Crippen molar-refractivity contribution < 1.29 is 23.5 Å². The van der Waals surface area contributed by atoms with Gasteiger partial charge in [0.1, 0.15) is 12.4 Å². The number of esters is 1. The molecule has 1 aromatic rings. The molecule has 1 aliphatic heterocycles. The van der Waals surface area contributed by atoms with Crippen molar-refractivity contribution in [1.29, 1.82) is 0 Å². The van der Waals surface area contributed by atoms with Gasteiger partial charge in [-0.2, -0.15) is 0 Å². The van der Waals surface area contributed by atoms with Crippen molar-refractivity contribution in [2.24, 2.45) is 0 Å². The Bertz CT molecular complexity index is 812. The predicted octanol–water partition coefficient (Wildman–Crippen LogP) is 3.37. The van der Waals surface area contributed by atoms with Crippen LogP contribution in [0.1, 0.15) is 44.6 Å². The second kappa shape index (κ2) is 8.48. The number of nitrogens with one attached hydrogen (secondary N) is 1. The predicted molar refractivity (Wildman–Crippen MR) is 98.3 cm³/mol. The molecule has 0 radical (unpaired) electrons. The number of Topliss-reactive ketones (excluding diaryl/α,β-unsaturated/α-hetero) is 1. The molecule has 1 heterocycles. The maximum absolute atomic E-state index is 13.9. The van der Waals surface area contributed by atoms with Crippen LogP contribution in [0.2, 0.25) is 0 Å². The van der Waals surface area contributed by atoms with Gasteiger partial charge < -0.3 is 14.8 Å². The third-order valence-corrected chi connectivity index (χ3v) is 4.84. The van der Waals surface area contributed by atoms with Crippen LogP contribution in [0, 0.1) is 5.82 Å². The summed E-state index contributed by atoms with van der Waals surface area (Å²) in [5.41, 5.74) is 2.94. The summed E-state index contributed by atoms with van der Waals surface area (Å²) in [5, 5.41) is 3.21. The second-order valence-corrected chi connectivity index (χ2v) is 6.65. The SMILES string of the molecule is CCOCCOC(=O)C1=C(C)NC2=C(C(=O)CCC2)[C@@H]1c1cccc(F)c1. The number of allylic oxidation sites excluding steroid dienone is 3. The number of hydrogen-bond acceptors (Lipinski definition) is 5. The van der Waals surface area contributed by atoms with Gasteiger partial charge in [0.25, 0.3) is 0 Å². The maximum atomic E-state index is 13.9. The lowest BCUT2D eigenvalue weighted by Gasteiger charge is -2.34. The second-order valence-electron chi connectivity index (χ2n) is 6.65. The first-order valence-corrected chi connectivity index (χ1v) is 9.27. The van der Waals surface area contributed by atoms with Crippen molar-refractivity contribution in [3.63, 3.8) is 0 Å². The Balaban J connectivity index is 1.99. The number of benzene rings is 1. The molecule has 1 N–H and O–H groups in total. The van der Waals surface area contributed by atoms with Crippen LogP contribution in [-0.2, 0) is 19.1 Å². The lowest BCUT2D eigenvalue weighted by Crippen LogP contribution is -2.34. The highest BCUT2D eigenvalue weighted by Crippen LogP contribution is 2.42. The number of ether oxygens (including phenoxy) is 2. The molecule has 144 valence electrons. The number of hydrogen-bond donors (Lipinski definition) is 1. The van der Waals surface area contributed by atoms with Crippen LogP contribution in [0.15, 0.2) is 46.8 Å². The van der Waals surface area contributed by atoms with Gasteiger partial charge in [0.05, 0.1) is 12.2 Å². The number of carbonyl (C=O) groups is 2. The summed E-state index contributed by atoms with van der Waals surface area (Å²) < 4.78 is 24.5. The summed E-state index contributed by atoms with van der Waals surface area (Å²) in [6.45, 7) is 4.62. The molecule has 6 heteroatoms. The van der Waals surface area contributed by atoms with Crippen molar-refractivity contribution in [3.8, 4) is 0 Å². The molecular formula is C21H24FNO4. The van der Waals surface area contributed by atoms with Crippen LogP contribution in [0.5, 0.6) is 0 Å². The third kappa shape index (κ3) is 4.11. The maximum Gasteiger partial charge on any atom is 0.336 e. The Morgan fingerprint density at radius 3 is 2.85 bits per heavy atom. The van der Waals surface area contributed by atoms with Crippen molar-refractivity contribution in [1.82, 2.24) is 5.32 Å². The van der Waals surface area contributed by atoms with Gasteiger partial charge in [0.15, 0.2) is 5.78 Å². The van der Waals surface area contributed by atoms with E-state index in [-0.39, 0.29) is 12.4 Å². The molecule has 1 atom stereocenters. The van der Waals surface area contributed by atoms with E-state index in [1.54, 1.807) is 19.1 Å². The van der Waals surface area contributed by atoms with E-state index in [9.17, 15) is 14.0 Å². The topological polar surface area (TPSA) is 64.6 Å². The van der Waals surface area contributed by atoms with E-state index in [1.807, 2.05) is 6.92 Å². The van der Waals surface area contributed by atoms with Crippen LogP contribution in [0.3, 0.4) is 0 Å². The fraction of sp³-hybridized carbons (Fsp3) is 0.429. The molecule has 3 rings (SSSR count). The van der Waals surface area contributed by atoms with E-state index >= 15 is 0 Å². The molecule has 2 aliphatic rings. The van der Waals surface area contributed by atoms with Gasteiger partial charge in [-0.3, -0.25) is 4.79 Å². The molecule has 0 amide bonds. The third-order valence-electron chi connectivity index (χ3n) is 4.84. The summed E-state index contributed by atoms with van der Waals surface area (Å²) in [6.07, 6.45) is 1.93. The number of halogens is 1. The van der Waals surface area contributed by atoms with Crippen LogP contribution in [0.4, 0.5) is 4.39 Å². The molecule has 1 aliphatic carbocycles. The summed E-state index contributed by atoms with van der Waals surface area (Å²) in [4.78, 5) is 25.5. The standard InChI is InChI=1S/C21H24FNO4/c1-3-26-10-11-27-21(25)18-13(2)23-16-8-5-9-17(24)20(16)19(18)14-6-4-7-15(22)12-14/h4,6-7,12,19,23H,3,5,8-11H2,1-2H3/t19-/m1/s1. The quantitative estimate of drug-likeness (QED) is 0.612. The number of ketones is 1. The van der Waals surface area contributed by atoms with Gasteiger partial charge in [-0.05, 0) is 44.4 Å². The first-order chi connectivity index (χ1) is 13.0. The van der Waals surface area contributed by atoms with Gasteiger partial charge in [0, 0.05) is 35.9 Å². The number of carbonyl (C=O) groups excluding carboxylic acids is 2. The van der Waals surface area contributed by atoms with Crippen LogP contribution in [-0.4, -0.2) is 31.6 Å². The molecule has 27 heavy (non-hydrogen) atoms. The average Bonchev–Trinajstić information content (AvgIpc) is 2.64. The van der Waals surface area contributed by atoms with E-state index in [0.717, 1.165) is 18.5 Å². The van der Waals surface area contributed by atoms with Crippen molar-refractivity contribution >= 4 is 11.8 Å². The zero-order chi connectivity index (χ0) is 19.4. The monoisotopic (exact) mass is 373 g/mol. The van der Waals surface area contributed by atoms with E-state index in [1.165, 1.54) is 12.1 Å². The molecule has 0 unspecified atom stereocenters. The Hall–Kier alpha value is -2.47. The van der Waals surface area contributed by atoms with Crippen molar-refractivity contribution in [2.45, 2.75) is 39.0 Å². The van der Waals surface area contributed by atoms with Gasteiger partial charge >= 0.3 is 5.97 Å². The summed E-state index contributed by atoms with van der Waals surface area (Å²) in [7, 11) is 0. The van der Waals surface area contributed by atoms with E-state index < -0.39 is 17.7 Å². The zero-order valence-electron chi connectivity index (χ0n) is 15.6. The summed E-state index contributed by atoms with van der Waals surface area (Å²) >= 11 is 0. The fourth-order valence-electron chi connectivity index (χ4n) is 3.69. The highest BCUT2D eigenvalue weighted by molar-refractivity contribution is 6.03. The lowest BCUT2D eigenvalue weighted by atomic mass is 9.75. The summed E-state index contributed by atoms with van der Waals surface area (Å²) in [6, 6.07) is 6.06. The smallest absolute Gasteiger partial charge is 0.336 e. The first-order valence-electron chi connectivity index (χ1n) is 9.27. The number of dihydropyridines is 1. The minimum absolute atomic E-state index is 0.00914. The highest BCUT2D eigenvalue weighted by Gasteiger charge is 2.39. The Kier molecular flexibility index (Phi) is 6.06. The van der Waals surface area contributed by atoms with Gasteiger partial charge in [-0.1, -0.05) is 12.1 Å². The van der Waals surface area contributed by atoms with Crippen LogP contribution < -0.4 is 5.32 Å². The molecular weight excluding hydrogens is 349 g/mol. The Labute approximate surface area is 158 Å². The Morgan fingerprint density at radius 2 is 2.11 bits per heavy atom. The van der Waals surface area contributed by atoms with Gasteiger partial charge in [-0.25, -0.2) is 9.18 Å². The van der Waals surface area contributed by atoms with Gasteiger partial charge in [-0.15, -0.1) is 0 Å². The van der Waals surface area contributed by atoms with Crippen molar-refractivity contribution in [3.05, 3.63) is 58.2 Å². The van der Waals surface area contributed by atoms with Crippen LogP contribution in [0.25, 0.3) is 0 Å². The fourth-order valence-corrected chi connectivity index (χ4v) is 3.69. The molecule has 1 aromatic carbocycles. The molecule has 0 aromatic heterocycles. The minimum atomic E-state index is -0.621. The lowest BCUT2D eigenvalue weighted by molar-refractivity contribution is -0.140. The molecule has 5 nitrogen and oxygen atoms in total. The summed E-state index contributed by atoms with van der Waals surface area (Å²) in [5.74, 6) is -1.55. The normalized spacial score (nSPS) is 19.7. The highest BCUT2D eigenvalue weighted by atomic mass is 19.1. The Morgan fingerprint density at radius 1 is 1.30 bits per heavy atom. The number of rotatable bonds is 6. The largest absolute Gasteiger partial charge is 0.460 e. The van der Waals surface area contributed by atoms with Crippen LogP contribution >= 0.6 is 0 Å². The average molecular weight is 373 g/mol. The van der Waals surface area contributed by atoms with Gasteiger partial charge in [0.2, 0.25) is 0 Å². The zero-order valence-corrected chi connectivity index (χ0v) is 15.6. The first kappa shape index (κ1) is 19.3. The molecule has 0 bridgehead atoms. The van der Waals surface area contributed by atoms with E-state index in [4.69, 9.17) is 9.47 Å².